The molecule has 0 spiro atoms. The molecule has 2 nitrogen and oxygen atoms in total. The highest BCUT2D eigenvalue weighted by Gasteiger charge is 2.25. The highest BCUT2D eigenvalue weighted by Crippen LogP contribution is 2.28. The van der Waals surface area contributed by atoms with Crippen molar-refractivity contribution in [2.75, 3.05) is 26.2 Å². The Hall–Kier alpha value is -0.860. The van der Waals surface area contributed by atoms with Gasteiger partial charge in [0.25, 0.3) is 0 Å². The van der Waals surface area contributed by atoms with Gasteiger partial charge in [-0.05, 0) is 49.8 Å². The number of hydrogen-bond acceptors (Lipinski definition) is 2. The van der Waals surface area contributed by atoms with Gasteiger partial charge in [0.2, 0.25) is 0 Å². The molecule has 3 rings (SSSR count). The number of piperazine rings is 1. The van der Waals surface area contributed by atoms with Crippen molar-refractivity contribution in [3.63, 3.8) is 0 Å². The Balaban J connectivity index is 1.79. The van der Waals surface area contributed by atoms with Crippen molar-refractivity contribution in [2.45, 2.75) is 39.2 Å². The molecule has 1 saturated heterocycles. The van der Waals surface area contributed by atoms with Gasteiger partial charge in [-0.1, -0.05) is 17.7 Å². The number of rotatable bonds is 1. The second-order valence-corrected chi connectivity index (χ2v) is 5.90. The lowest BCUT2D eigenvalue weighted by molar-refractivity contribution is 0.159. The maximum atomic E-state index is 3.45. The quantitative estimate of drug-likeness (QED) is 0.813. The molecule has 18 heavy (non-hydrogen) atoms. The topological polar surface area (TPSA) is 15.3 Å². The van der Waals surface area contributed by atoms with E-state index in [4.69, 9.17) is 0 Å². The summed E-state index contributed by atoms with van der Waals surface area (Å²) in [6.07, 6.45) is 3.88. The fourth-order valence-electron chi connectivity index (χ4n) is 3.65. The molecular weight excluding hydrogens is 220 g/mol. The van der Waals surface area contributed by atoms with Crippen LogP contribution in [0.15, 0.2) is 12.1 Å². The Labute approximate surface area is 110 Å². The number of nitrogens with zero attached hydrogens (tertiary/aromatic N) is 1. The van der Waals surface area contributed by atoms with E-state index in [1.54, 1.807) is 11.1 Å². The molecule has 0 radical (unpaired) electrons. The van der Waals surface area contributed by atoms with E-state index in [0.717, 1.165) is 19.1 Å². The number of aryl methyl sites for hydroxylation is 2. The summed E-state index contributed by atoms with van der Waals surface area (Å²) in [5, 5.41) is 3.45. The molecule has 1 aromatic carbocycles. The predicted molar refractivity (Wildman–Crippen MR) is 76.2 cm³/mol. The molecule has 1 aromatic rings. The molecule has 1 N–H and O–H groups in total. The van der Waals surface area contributed by atoms with Gasteiger partial charge in [-0.15, -0.1) is 0 Å². The summed E-state index contributed by atoms with van der Waals surface area (Å²) in [4.78, 5) is 2.69. The van der Waals surface area contributed by atoms with E-state index < -0.39 is 0 Å². The monoisotopic (exact) mass is 244 g/mol. The molecule has 1 fully saturated rings. The SMILES string of the molecule is Cc1cc(C)c2c(c1)CC(N1CCNCC1)CC2. The largest absolute Gasteiger partial charge is 0.314 e. The summed E-state index contributed by atoms with van der Waals surface area (Å²) in [5.41, 5.74) is 6.17. The first kappa shape index (κ1) is 12.2. The van der Waals surface area contributed by atoms with Gasteiger partial charge < -0.3 is 5.32 Å². The van der Waals surface area contributed by atoms with Crippen LogP contribution in [0, 0.1) is 13.8 Å². The van der Waals surface area contributed by atoms with Crippen LogP contribution in [0.3, 0.4) is 0 Å². The van der Waals surface area contributed by atoms with E-state index in [-0.39, 0.29) is 0 Å². The molecule has 1 atom stereocenters. The summed E-state index contributed by atoms with van der Waals surface area (Å²) in [6, 6.07) is 5.53. The van der Waals surface area contributed by atoms with Crippen LogP contribution in [-0.4, -0.2) is 37.1 Å². The van der Waals surface area contributed by atoms with Crippen molar-refractivity contribution in [3.05, 3.63) is 34.4 Å². The lowest BCUT2D eigenvalue weighted by atomic mass is 9.84. The van der Waals surface area contributed by atoms with Gasteiger partial charge in [-0.3, -0.25) is 4.90 Å². The van der Waals surface area contributed by atoms with Crippen molar-refractivity contribution in [1.82, 2.24) is 10.2 Å². The van der Waals surface area contributed by atoms with Gasteiger partial charge in [0.05, 0.1) is 0 Å². The summed E-state index contributed by atoms with van der Waals surface area (Å²) in [6.45, 7) is 9.28. The molecule has 1 aliphatic carbocycles. The average molecular weight is 244 g/mol. The van der Waals surface area contributed by atoms with E-state index in [1.807, 2.05) is 0 Å². The van der Waals surface area contributed by atoms with Crippen molar-refractivity contribution in [2.24, 2.45) is 0 Å². The number of benzene rings is 1. The summed E-state index contributed by atoms with van der Waals surface area (Å²) < 4.78 is 0. The van der Waals surface area contributed by atoms with Crippen LogP contribution in [0.4, 0.5) is 0 Å². The molecule has 1 heterocycles. The maximum absolute atomic E-state index is 3.45. The van der Waals surface area contributed by atoms with Crippen LogP contribution in [0.2, 0.25) is 0 Å². The molecule has 1 aliphatic heterocycles. The fraction of sp³-hybridized carbons (Fsp3) is 0.625. The van der Waals surface area contributed by atoms with E-state index in [2.05, 4.69) is 36.2 Å². The first-order valence-electron chi connectivity index (χ1n) is 7.28. The van der Waals surface area contributed by atoms with Crippen LogP contribution in [-0.2, 0) is 12.8 Å². The zero-order valence-electron chi connectivity index (χ0n) is 11.6. The standard InChI is InChI=1S/C16H24N2/c1-12-9-13(2)16-4-3-15(11-14(16)10-12)18-7-5-17-6-8-18/h9-10,15,17H,3-8,11H2,1-2H3. The van der Waals surface area contributed by atoms with Crippen molar-refractivity contribution in [3.8, 4) is 0 Å². The first-order valence-corrected chi connectivity index (χ1v) is 7.28. The van der Waals surface area contributed by atoms with Crippen molar-refractivity contribution >= 4 is 0 Å². The van der Waals surface area contributed by atoms with Crippen molar-refractivity contribution in [1.29, 1.82) is 0 Å². The summed E-state index contributed by atoms with van der Waals surface area (Å²) in [7, 11) is 0. The van der Waals surface area contributed by atoms with E-state index in [9.17, 15) is 0 Å². The molecule has 1 unspecified atom stereocenters. The van der Waals surface area contributed by atoms with E-state index >= 15 is 0 Å². The van der Waals surface area contributed by atoms with Crippen LogP contribution in [0.25, 0.3) is 0 Å². The highest BCUT2D eigenvalue weighted by molar-refractivity contribution is 5.40. The molecule has 0 saturated carbocycles. The predicted octanol–water partition coefficient (Wildman–Crippen LogP) is 2.07. The summed E-state index contributed by atoms with van der Waals surface area (Å²) in [5.74, 6) is 0. The highest BCUT2D eigenvalue weighted by atomic mass is 15.2. The second-order valence-electron chi connectivity index (χ2n) is 5.90. The molecule has 0 amide bonds. The Bertz CT molecular complexity index is 433. The number of nitrogens with one attached hydrogen (secondary N) is 1. The molecular formula is C16H24N2. The normalized spacial score (nSPS) is 24.9. The Morgan fingerprint density at radius 1 is 1.17 bits per heavy atom. The minimum absolute atomic E-state index is 0.779. The first-order chi connectivity index (χ1) is 8.74. The molecule has 0 aromatic heterocycles. The van der Waals surface area contributed by atoms with Gasteiger partial charge in [0.1, 0.15) is 0 Å². The van der Waals surface area contributed by atoms with Crippen LogP contribution in [0.1, 0.15) is 28.7 Å². The molecule has 2 heteroatoms. The van der Waals surface area contributed by atoms with Crippen molar-refractivity contribution < 1.29 is 0 Å². The van der Waals surface area contributed by atoms with Gasteiger partial charge in [-0.25, -0.2) is 0 Å². The van der Waals surface area contributed by atoms with Gasteiger partial charge in [0.15, 0.2) is 0 Å². The molecule has 0 bridgehead atoms. The lowest BCUT2D eigenvalue weighted by Crippen LogP contribution is -2.50. The lowest BCUT2D eigenvalue weighted by Gasteiger charge is -2.38. The zero-order valence-corrected chi connectivity index (χ0v) is 11.6. The number of hydrogen-bond donors (Lipinski definition) is 1. The van der Waals surface area contributed by atoms with Crippen LogP contribution < -0.4 is 5.32 Å². The Kier molecular flexibility index (Phi) is 3.40. The Morgan fingerprint density at radius 3 is 2.72 bits per heavy atom. The van der Waals surface area contributed by atoms with Crippen LogP contribution in [0.5, 0.6) is 0 Å². The number of fused-ring (bicyclic) bond motifs is 1. The van der Waals surface area contributed by atoms with E-state index in [1.165, 1.54) is 43.5 Å². The summed E-state index contributed by atoms with van der Waals surface area (Å²) >= 11 is 0. The average Bonchev–Trinajstić information content (AvgIpc) is 2.39. The Morgan fingerprint density at radius 2 is 1.94 bits per heavy atom. The van der Waals surface area contributed by atoms with Gasteiger partial charge in [-0.2, -0.15) is 0 Å². The third kappa shape index (κ3) is 2.32. The third-order valence-electron chi connectivity index (χ3n) is 4.56. The third-order valence-corrected chi connectivity index (χ3v) is 4.56. The molecule has 98 valence electrons. The van der Waals surface area contributed by atoms with Gasteiger partial charge >= 0.3 is 0 Å². The van der Waals surface area contributed by atoms with Gasteiger partial charge in [0, 0.05) is 32.2 Å². The minimum Gasteiger partial charge on any atom is -0.314 e. The fourth-order valence-corrected chi connectivity index (χ4v) is 3.65. The maximum Gasteiger partial charge on any atom is 0.0140 e. The second kappa shape index (κ2) is 5.02. The van der Waals surface area contributed by atoms with E-state index in [0.29, 0.717) is 0 Å². The van der Waals surface area contributed by atoms with Crippen LogP contribution >= 0.6 is 0 Å². The molecule has 2 aliphatic rings. The minimum atomic E-state index is 0.779. The smallest absolute Gasteiger partial charge is 0.0140 e. The zero-order chi connectivity index (χ0) is 12.5.